The molecule has 0 unspecified atom stereocenters. The van der Waals surface area contributed by atoms with Crippen LogP contribution in [-0.4, -0.2) is 23.0 Å². The van der Waals surface area contributed by atoms with Crippen molar-refractivity contribution in [3.63, 3.8) is 0 Å². The zero-order valence-corrected chi connectivity index (χ0v) is 7.41. The van der Waals surface area contributed by atoms with Gasteiger partial charge in [-0.05, 0) is 0 Å². The average Bonchev–Trinajstić information content (AvgIpc) is 2.23. The number of halogens is 4. The van der Waals surface area contributed by atoms with E-state index in [1.54, 1.807) is 0 Å². The molecule has 0 aliphatic heterocycles. The van der Waals surface area contributed by atoms with E-state index in [-0.39, 0.29) is 0 Å². The first-order valence-electron chi connectivity index (χ1n) is 3.62. The molecule has 3 nitrogen and oxygen atoms in total. The number of rotatable bonds is 0. The fraction of sp³-hybridized carbons (Fsp3) is 0.125. The molecule has 7 heteroatoms. The lowest BCUT2D eigenvalue weighted by molar-refractivity contribution is -0.403. The van der Waals surface area contributed by atoms with Gasteiger partial charge in [-0.3, -0.25) is 5.41 Å². The van der Waals surface area contributed by atoms with Gasteiger partial charge in [0, 0.05) is 0 Å². The topological polar surface area (TPSA) is 50.6 Å². The van der Waals surface area contributed by atoms with Crippen molar-refractivity contribution in [2.24, 2.45) is 0 Å². The largest absolute Gasteiger partial charge is 0.459 e. The monoisotopic (exact) mass is 218 g/mol. The Labute approximate surface area is 81.8 Å². The maximum atomic E-state index is 13.0. The lowest BCUT2D eigenvalue weighted by Crippen LogP contribution is -2.23. The normalized spacial score (nSPS) is 17.1. The molecule has 0 fully saturated rings. The lowest BCUT2D eigenvalue weighted by Gasteiger charge is -2.09. The second kappa shape index (κ2) is 3.65. The van der Waals surface area contributed by atoms with E-state index in [0.29, 0.717) is 4.58 Å². The van der Waals surface area contributed by atoms with Crippen LogP contribution in [0.4, 0.5) is 17.6 Å². The highest BCUT2D eigenvalue weighted by Gasteiger charge is 2.36. The van der Waals surface area contributed by atoms with E-state index in [1.165, 1.54) is 6.19 Å². The summed E-state index contributed by atoms with van der Waals surface area (Å²) < 4.78 is 52.1. The van der Waals surface area contributed by atoms with E-state index in [2.05, 4.69) is 0 Å². The zero-order chi connectivity index (χ0) is 11.7. The molecule has 0 atom stereocenters. The molecular formula is C8H4F4N3+. The summed E-state index contributed by atoms with van der Waals surface area (Å²) in [6.07, 6.45) is 1.30. The van der Waals surface area contributed by atoms with E-state index in [0.717, 1.165) is 7.05 Å². The van der Waals surface area contributed by atoms with Crippen molar-refractivity contribution in [3.8, 4) is 6.19 Å². The summed E-state index contributed by atoms with van der Waals surface area (Å²) in [5, 5.41) is 15.0. The molecule has 1 N–H and O–H groups in total. The Balaban J connectivity index is 3.57. The van der Waals surface area contributed by atoms with Gasteiger partial charge in [-0.2, -0.15) is 13.4 Å². The molecule has 0 bridgehead atoms. The third-order valence-corrected chi connectivity index (χ3v) is 1.73. The molecular weight excluding hydrogens is 214 g/mol. The summed E-state index contributed by atoms with van der Waals surface area (Å²) in [5.74, 6) is -7.18. The highest BCUT2D eigenvalue weighted by molar-refractivity contribution is 6.22. The van der Waals surface area contributed by atoms with Crippen LogP contribution in [0.5, 0.6) is 0 Å². The molecule has 78 valence electrons. The quantitative estimate of drug-likeness (QED) is 0.218. The van der Waals surface area contributed by atoms with Crippen LogP contribution in [0.3, 0.4) is 0 Å². The van der Waals surface area contributed by atoms with Gasteiger partial charge >= 0.3 is 6.19 Å². The Morgan fingerprint density at radius 2 is 1.47 bits per heavy atom. The Bertz CT molecular complexity index is 449. The molecule has 0 aromatic rings. The maximum Gasteiger partial charge on any atom is 0.459 e. The van der Waals surface area contributed by atoms with Crippen LogP contribution in [0.25, 0.3) is 0 Å². The predicted octanol–water partition coefficient (Wildman–Crippen LogP) is 1.89. The van der Waals surface area contributed by atoms with E-state index >= 15 is 0 Å². The fourth-order valence-electron chi connectivity index (χ4n) is 0.965. The Hall–Kier alpha value is -1.97. The van der Waals surface area contributed by atoms with Crippen LogP contribution in [-0.2, 0) is 0 Å². The molecule has 0 aromatic heterocycles. The first kappa shape index (κ1) is 11.1. The maximum absolute atomic E-state index is 13.0. The molecule has 1 aliphatic carbocycles. The standard InChI is InChI=1S/C8H4F4N3/c1-15(2-13)8-5(11)3(9)7(14)4(10)6(8)12/h14H,1H3/q+1. The van der Waals surface area contributed by atoms with E-state index < -0.39 is 34.7 Å². The number of nitrogens with one attached hydrogen (secondary N) is 1. The van der Waals surface area contributed by atoms with Gasteiger partial charge in [-0.1, -0.05) is 0 Å². The van der Waals surface area contributed by atoms with Crippen molar-refractivity contribution >= 4 is 11.4 Å². The number of nitriles is 1. The Morgan fingerprint density at radius 1 is 1.07 bits per heavy atom. The minimum atomic E-state index is -1.83. The molecule has 1 aliphatic rings. The van der Waals surface area contributed by atoms with Crippen molar-refractivity contribution < 1.29 is 22.1 Å². The van der Waals surface area contributed by atoms with Crippen molar-refractivity contribution in [1.29, 1.82) is 10.7 Å². The summed E-state index contributed by atoms with van der Waals surface area (Å²) in [4.78, 5) is 0. The van der Waals surface area contributed by atoms with Crippen LogP contribution in [0, 0.1) is 16.9 Å². The van der Waals surface area contributed by atoms with Gasteiger partial charge < -0.3 is 0 Å². The van der Waals surface area contributed by atoms with Gasteiger partial charge in [0.05, 0.1) is 7.05 Å². The molecule has 15 heavy (non-hydrogen) atoms. The summed E-state index contributed by atoms with van der Waals surface area (Å²) in [5.41, 5.74) is -2.65. The summed E-state index contributed by atoms with van der Waals surface area (Å²) >= 11 is 0. The van der Waals surface area contributed by atoms with Crippen LogP contribution in [0.2, 0.25) is 0 Å². The highest BCUT2D eigenvalue weighted by Crippen LogP contribution is 2.28. The second-order valence-corrected chi connectivity index (χ2v) is 2.64. The minimum Gasteiger partial charge on any atom is -0.295 e. The van der Waals surface area contributed by atoms with Crippen molar-refractivity contribution in [3.05, 3.63) is 23.3 Å². The third-order valence-electron chi connectivity index (χ3n) is 1.73. The Morgan fingerprint density at radius 3 is 1.80 bits per heavy atom. The van der Waals surface area contributed by atoms with E-state index in [4.69, 9.17) is 10.7 Å². The first-order chi connectivity index (χ1) is 6.91. The van der Waals surface area contributed by atoms with Crippen molar-refractivity contribution in [1.82, 2.24) is 0 Å². The number of hydrogen-bond donors (Lipinski definition) is 1. The van der Waals surface area contributed by atoms with E-state index in [1.807, 2.05) is 0 Å². The van der Waals surface area contributed by atoms with E-state index in [9.17, 15) is 17.6 Å². The average molecular weight is 218 g/mol. The van der Waals surface area contributed by atoms with Gasteiger partial charge in [0.25, 0.3) is 0 Å². The molecule has 0 saturated heterocycles. The third kappa shape index (κ3) is 1.54. The van der Waals surface area contributed by atoms with Gasteiger partial charge in [0.1, 0.15) is 5.71 Å². The number of hydrogen-bond acceptors (Lipinski definition) is 2. The molecule has 0 amide bonds. The van der Waals surface area contributed by atoms with Gasteiger partial charge in [0.2, 0.25) is 17.4 Å². The number of allylic oxidation sites excluding steroid dienone is 4. The van der Waals surface area contributed by atoms with Crippen LogP contribution >= 0.6 is 0 Å². The Kier molecular flexibility index (Phi) is 2.70. The molecule has 0 aromatic carbocycles. The van der Waals surface area contributed by atoms with Gasteiger partial charge in [0.15, 0.2) is 16.9 Å². The van der Waals surface area contributed by atoms with Crippen molar-refractivity contribution in [2.75, 3.05) is 7.05 Å². The van der Waals surface area contributed by atoms with Crippen molar-refractivity contribution in [2.45, 2.75) is 0 Å². The summed E-state index contributed by atoms with van der Waals surface area (Å²) in [7, 11) is 0.935. The summed E-state index contributed by atoms with van der Waals surface area (Å²) in [6, 6.07) is 0. The van der Waals surface area contributed by atoms with Crippen LogP contribution in [0.15, 0.2) is 23.3 Å². The summed E-state index contributed by atoms with van der Waals surface area (Å²) in [6.45, 7) is 0. The molecule has 0 saturated carbocycles. The second-order valence-electron chi connectivity index (χ2n) is 2.64. The highest BCUT2D eigenvalue weighted by atomic mass is 19.2. The first-order valence-corrected chi connectivity index (χ1v) is 3.62. The minimum absolute atomic E-state index is 0.330. The molecule has 0 heterocycles. The fourth-order valence-corrected chi connectivity index (χ4v) is 0.965. The lowest BCUT2D eigenvalue weighted by atomic mass is 10.1. The molecule has 0 spiro atoms. The zero-order valence-electron chi connectivity index (χ0n) is 7.41. The van der Waals surface area contributed by atoms with Crippen LogP contribution < -0.4 is 0 Å². The number of nitrogens with zero attached hydrogens (tertiary/aromatic N) is 2. The smallest absolute Gasteiger partial charge is 0.295 e. The van der Waals surface area contributed by atoms with Gasteiger partial charge in [-0.15, -0.1) is 0 Å². The predicted molar refractivity (Wildman–Crippen MR) is 43.0 cm³/mol. The van der Waals surface area contributed by atoms with Crippen LogP contribution in [0.1, 0.15) is 0 Å². The SMILES string of the molecule is C[N+](C#N)=C1C(F)=C(F)C(=N)C(F)=C1F. The van der Waals surface area contributed by atoms with Gasteiger partial charge in [-0.25, -0.2) is 8.78 Å². The molecule has 0 radical (unpaired) electrons. The molecule has 1 rings (SSSR count).